The largest absolute Gasteiger partial charge is 0 e. The molecular formula is C16H36NaPZn. The molecule has 0 spiro atoms. The molecule has 0 aliphatic rings. The van der Waals surface area contributed by atoms with Gasteiger partial charge < -0.3 is 0 Å². The van der Waals surface area contributed by atoms with Gasteiger partial charge in [-0.3, -0.25) is 0 Å². The van der Waals surface area contributed by atoms with E-state index in [-0.39, 0.29) is 49.0 Å². The molecule has 0 N–H and O–H groups in total. The number of unbranched alkanes of at least 4 members (excludes halogenated alkanes) is 13. The number of hydrogen-bond donors (Lipinski definition) is 0. The molecule has 0 radical (unpaired) electrons. The van der Waals surface area contributed by atoms with Crippen molar-refractivity contribution < 1.29 is 19.5 Å². The molecule has 0 aliphatic carbocycles. The Balaban J connectivity index is -0.00000128. The molecule has 0 heterocycles. The minimum Gasteiger partial charge on any atom is 0 e. The van der Waals surface area contributed by atoms with Crippen molar-refractivity contribution in [3.63, 3.8) is 0 Å². The first kappa shape index (κ1) is 26.0. The first-order chi connectivity index (χ1) is 8.41. The monoisotopic (exact) mass is 346 g/mol. The van der Waals surface area contributed by atoms with Crippen LogP contribution in [0.1, 0.15) is 96.8 Å². The van der Waals surface area contributed by atoms with E-state index in [0.717, 1.165) is 0 Å². The van der Waals surface area contributed by atoms with E-state index < -0.39 is 0 Å². The summed E-state index contributed by atoms with van der Waals surface area (Å²) >= 11 is 0. The van der Waals surface area contributed by atoms with Gasteiger partial charge in [0.2, 0.25) is 0 Å². The second kappa shape index (κ2) is 25.0. The average Bonchev–Trinajstić information content (AvgIpc) is 2.35. The summed E-state index contributed by atoms with van der Waals surface area (Å²) in [6, 6.07) is 0. The standard InChI is InChI=1S/C16H35P.Na.Zn.H/c1-2-3-4-5-6-7-8-9-10-11-12-13-14-15-16-17;;;/h2-17H2,1H3;;;. The Bertz CT molecular complexity index is 120. The van der Waals surface area contributed by atoms with Crippen LogP contribution in [0, 0.1) is 0 Å². The maximum Gasteiger partial charge on any atom is 0 e. The molecule has 1 atom stereocenters. The summed E-state index contributed by atoms with van der Waals surface area (Å²) in [6.45, 7) is 2.29. The van der Waals surface area contributed by atoms with Gasteiger partial charge in [0.1, 0.15) is 0 Å². The summed E-state index contributed by atoms with van der Waals surface area (Å²) in [5.74, 6) is 0. The van der Waals surface area contributed by atoms with Crippen LogP contribution in [0.15, 0.2) is 0 Å². The van der Waals surface area contributed by atoms with Crippen molar-refractivity contribution in [2.75, 3.05) is 6.16 Å². The summed E-state index contributed by atoms with van der Waals surface area (Å²) in [7, 11) is 2.82. The maximum atomic E-state index is 2.82. The smallest absolute Gasteiger partial charge is 0 e. The zero-order chi connectivity index (χ0) is 12.6. The van der Waals surface area contributed by atoms with E-state index >= 15 is 0 Å². The molecule has 0 saturated carbocycles. The summed E-state index contributed by atoms with van der Waals surface area (Å²) < 4.78 is 0. The molecule has 3 heteroatoms. The molecule has 0 saturated heterocycles. The van der Waals surface area contributed by atoms with Gasteiger partial charge in [-0.05, 0) is 12.6 Å². The van der Waals surface area contributed by atoms with Crippen molar-refractivity contribution in [3.8, 4) is 0 Å². The molecule has 0 aliphatic heterocycles. The van der Waals surface area contributed by atoms with E-state index in [4.69, 9.17) is 0 Å². The van der Waals surface area contributed by atoms with Crippen LogP contribution >= 0.6 is 9.24 Å². The Morgan fingerprint density at radius 3 is 1.05 bits per heavy atom. The van der Waals surface area contributed by atoms with Gasteiger partial charge >= 0.3 is 29.6 Å². The maximum absolute atomic E-state index is 2.82. The van der Waals surface area contributed by atoms with Gasteiger partial charge in [0.15, 0.2) is 0 Å². The van der Waals surface area contributed by atoms with E-state index in [1.807, 2.05) is 0 Å². The normalized spacial score (nSPS) is 9.79. The van der Waals surface area contributed by atoms with Crippen molar-refractivity contribution >= 4 is 38.8 Å². The first-order valence-corrected chi connectivity index (χ1v) is 8.93. The Labute approximate surface area is 160 Å². The molecule has 0 amide bonds. The fourth-order valence-corrected chi connectivity index (χ4v) is 2.63. The van der Waals surface area contributed by atoms with E-state index in [2.05, 4.69) is 16.2 Å². The van der Waals surface area contributed by atoms with Crippen LogP contribution in [0.4, 0.5) is 0 Å². The minimum atomic E-state index is 0. The van der Waals surface area contributed by atoms with Gasteiger partial charge in [0.05, 0.1) is 0 Å². The quantitative estimate of drug-likeness (QED) is 0.215. The van der Waals surface area contributed by atoms with E-state index in [0.29, 0.717) is 0 Å². The average molecular weight is 348 g/mol. The van der Waals surface area contributed by atoms with E-state index in [1.165, 1.54) is 96.1 Å². The molecule has 108 valence electrons. The molecular weight excluding hydrogens is 312 g/mol. The third-order valence-corrected chi connectivity index (χ3v) is 3.97. The van der Waals surface area contributed by atoms with Crippen molar-refractivity contribution in [2.45, 2.75) is 96.8 Å². The van der Waals surface area contributed by atoms with Gasteiger partial charge in [-0.1, -0.05) is 90.4 Å². The summed E-state index contributed by atoms with van der Waals surface area (Å²) in [6.07, 6.45) is 21.7. The van der Waals surface area contributed by atoms with Crippen LogP contribution in [0.2, 0.25) is 0 Å². The molecule has 0 nitrogen and oxygen atoms in total. The van der Waals surface area contributed by atoms with Gasteiger partial charge in [-0.25, -0.2) is 0 Å². The molecule has 0 aromatic heterocycles. The van der Waals surface area contributed by atoms with Crippen LogP contribution in [-0.4, -0.2) is 35.7 Å². The zero-order valence-electron chi connectivity index (χ0n) is 12.9. The van der Waals surface area contributed by atoms with Crippen molar-refractivity contribution in [3.05, 3.63) is 0 Å². The Morgan fingerprint density at radius 2 is 0.789 bits per heavy atom. The molecule has 0 fully saturated rings. The van der Waals surface area contributed by atoms with E-state index in [9.17, 15) is 0 Å². The third-order valence-electron chi connectivity index (χ3n) is 3.56. The van der Waals surface area contributed by atoms with Crippen LogP contribution in [0.25, 0.3) is 0 Å². The van der Waals surface area contributed by atoms with Crippen LogP contribution in [-0.2, 0) is 19.5 Å². The molecule has 0 rings (SSSR count). The Kier molecular flexibility index (Phi) is 34.2. The number of rotatable bonds is 14. The van der Waals surface area contributed by atoms with Crippen LogP contribution < -0.4 is 0 Å². The second-order valence-corrected chi connectivity index (χ2v) is 5.96. The van der Waals surface area contributed by atoms with Crippen LogP contribution in [0.5, 0.6) is 0 Å². The van der Waals surface area contributed by atoms with Gasteiger partial charge in [0.25, 0.3) is 0 Å². The second-order valence-electron chi connectivity index (χ2n) is 5.38. The van der Waals surface area contributed by atoms with E-state index in [1.54, 1.807) is 0 Å². The van der Waals surface area contributed by atoms with Crippen LogP contribution in [0.3, 0.4) is 0 Å². The molecule has 1 unspecified atom stereocenters. The molecule has 0 aromatic rings. The fourth-order valence-electron chi connectivity index (χ4n) is 2.34. The molecule has 19 heavy (non-hydrogen) atoms. The van der Waals surface area contributed by atoms with Crippen molar-refractivity contribution in [1.82, 2.24) is 0 Å². The number of hydrogen-bond acceptors (Lipinski definition) is 0. The summed E-state index contributed by atoms with van der Waals surface area (Å²) in [4.78, 5) is 0. The Morgan fingerprint density at radius 1 is 0.526 bits per heavy atom. The van der Waals surface area contributed by atoms with Crippen molar-refractivity contribution in [1.29, 1.82) is 0 Å². The fraction of sp³-hybridized carbons (Fsp3) is 1.00. The van der Waals surface area contributed by atoms with Gasteiger partial charge in [-0.15, -0.1) is 9.24 Å². The van der Waals surface area contributed by atoms with Gasteiger partial charge in [-0.2, -0.15) is 0 Å². The summed E-state index contributed by atoms with van der Waals surface area (Å²) in [5, 5.41) is 0. The molecule has 0 bridgehead atoms. The summed E-state index contributed by atoms with van der Waals surface area (Å²) in [5.41, 5.74) is 0. The third kappa shape index (κ3) is 25.4. The zero-order valence-corrected chi connectivity index (χ0v) is 17.0. The topological polar surface area (TPSA) is 0 Å². The predicted molar refractivity (Wildman–Crippen MR) is 92.0 cm³/mol. The first-order valence-electron chi connectivity index (χ1n) is 8.12. The van der Waals surface area contributed by atoms with Gasteiger partial charge in [0, 0.05) is 19.5 Å². The Hall–Kier alpha value is 2.05. The molecule has 0 aromatic carbocycles. The SMILES string of the molecule is CCCCCCCCCCCCCCCCP.[NaH].[Zn]. The minimum absolute atomic E-state index is 0. The van der Waals surface area contributed by atoms with Crippen molar-refractivity contribution in [2.24, 2.45) is 0 Å². The predicted octanol–water partition coefficient (Wildman–Crippen LogP) is 5.69.